The second-order valence-corrected chi connectivity index (χ2v) is 7.04. The molecule has 1 unspecified atom stereocenters. The molecule has 1 fully saturated rings. The third-order valence-corrected chi connectivity index (χ3v) is 5.48. The Morgan fingerprint density at radius 3 is 2.60 bits per heavy atom. The molecule has 0 saturated carbocycles. The molecule has 0 spiro atoms. The number of carbonyl (C=O) groups excluding carboxylic acids is 1. The van der Waals surface area contributed by atoms with Gasteiger partial charge >= 0.3 is 0 Å². The van der Waals surface area contributed by atoms with Crippen molar-refractivity contribution in [2.24, 2.45) is 11.8 Å². The molecule has 1 atom stereocenters. The van der Waals surface area contributed by atoms with Crippen LogP contribution in [0.3, 0.4) is 0 Å². The van der Waals surface area contributed by atoms with E-state index in [0.717, 1.165) is 0 Å². The van der Waals surface area contributed by atoms with Crippen LogP contribution in [0.15, 0.2) is 29.2 Å². The van der Waals surface area contributed by atoms with E-state index in [1.807, 2.05) is 0 Å². The van der Waals surface area contributed by atoms with E-state index in [-0.39, 0.29) is 17.3 Å². The first-order valence-electron chi connectivity index (χ1n) is 6.21. The van der Waals surface area contributed by atoms with Gasteiger partial charge in [0.2, 0.25) is 15.9 Å². The highest BCUT2D eigenvalue weighted by molar-refractivity contribution is 7.89. The quantitative estimate of drug-likeness (QED) is 0.488. The van der Waals surface area contributed by atoms with Crippen molar-refractivity contribution in [3.8, 4) is 0 Å². The lowest BCUT2D eigenvalue weighted by molar-refractivity contribution is -0.126. The Morgan fingerprint density at radius 2 is 2.00 bits per heavy atom. The highest BCUT2D eigenvalue weighted by atomic mass is 35.5. The number of sulfonamides is 1. The summed E-state index contributed by atoms with van der Waals surface area (Å²) in [4.78, 5) is 11.7. The van der Waals surface area contributed by atoms with E-state index in [9.17, 15) is 13.2 Å². The third kappa shape index (κ3) is 3.12. The summed E-state index contributed by atoms with van der Waals surface area (Å²) >= 11 is 5.76. The molecule has 6 nitrogen and oxygen atoms in total. The number of rotatable bonds is 3. The predicted octanol–water partition coefficient (Wildman–Crippen LogP) is 0.731. The van der Waals surface area contributed by atoms with Gasteiger partial charge in [-0.2, -0.15) is 4.31 Å². The van der Waals surface area contributed by atoms with E-state index in [0.29, 0.717) is 24.4 Å². The van der Waals surface area contributed by atoms with Crippen LogP contribution in [0.25, 0.3) is 0 Å². The summed E-state index contributed by atoms with van der Waals surface area (Å²) < 4.78 is 26.3. The van der Waals surface area contributed by atoms with Crippen LogP contribution >= 0.6 is 11.6 Å². The second kappa shape index (κ2) is 6.09. The van der Waals surface area contributed by atoms with Gasteiger partial charge in [0.1, 0.15) is 0 Å². The molecule has 0 bridgehead atoms. The molecule has 1 heterocycles. The summed E-state index contributed by atoms with van der Waals surface area (Å²) in [5.74, 6) is 4.36. The number of nitrogens with zero attached hydrogens (tertiary/aromatic N) is 1. The van der Waals surface area contributed by atoms with E-state index in [2.05, 4.69) is 5.43 Å². The van der Waals surface area contributed by atoms with Gasteiger partial charge in [0.05, 0.1) is 10.8 Å². The molecule has 2 rings (SSSR count). The first-order valence-corrected chi connectivity index (χ1v) is 8.03. The van der Waals surface area contributed by atoms with Gasteiger partial charge in [-0.1, -0.05) is 11.6 Å². The number of nitrogens with two attached hydrogens (primary N) is 1. The lowest BCUT2D eigenvalue weighted by Crippen LogP contribution is -2.46. The fourth-order valence-electron chi connectivity index (χ4n) is 2.25. The van der Waals surface area contributed by atoms with Crippen LogP contribution in [-0.4, -0.2) is 31.7 Å². The number of halogens is 1. The van der Waals surface area contributed by atoms with Gasteiger partial charge in [-0.15, -0.1) is 0 Å². The van der Waals surface area contributed by atoms with Crippen molar-refractivity contribution in [1.29, 1.82) is 0 Å². The van der Waals surface area contributed by atoms with Gasteiger partial charge in [-0.25, -0.2) is 14.3 Å². The van der Waals surface area contributed by atoms with Crippen molar-refractivity contribution >= 4 is 27.5 Å². The maximum atomic E-state index is 12.5. The minimum absolute atomic E-state index is 0.147. The van der Waals surface area contributed by atoms with Crippen molar-refractivity contribution in [3.63, 3.8) is 0 Å². The first kappa shape index (κ1) is 15.2. The number of hydrazine groups is 1. The van der Waals surface area contributed by atoms with Crippen molar-refractivity contribution < 1.29 is 13.2 Å². The number of amides is 1. The van der Waals surface area contributed by atoms with Gasteiger partial charge in [0.25, 0.3) is 0 Å². The molecule has 0 aromatic heterocycles. The number of hydrogen-bond acceptors (Lipinski definition) is 4. The summed E-state index contributed by atoms with van der Waals surface area (Å²) in [6.45, 7) is 0.549. The number of hydrogen-bond donors (Lipinski definition) is 2. The third-order valence-electron chi connectivity index (χ3n) is 3.35. The SMILES string of the molecule is NNC(=O)C1CCCN(S(=O)(=O)c2ccc(Cl)cc2)C1. The molecule has 0 aliphatic carbocycles. The molecule has 1 aromatic carbocycles. The molecule has 1 amide bonds. The lowest BCUT2D eigenvalue weighted by Gasteiger charge is -2.30. The molecule has 1 aliphatic rings. The molecule has 3 N–H and O–H groups in total. The lowest BCUT2D eigenvalue weighted by atomic mass is 9.99. The number of piperidine rings is 1. The summed E-state index contributed by atoms with van der Waals surface area (Å²) in [6, 6.07) is 5.99. The molecular formula is C12H16ClN3O3S. The Balaban J connectivity index is 2.21. The second-order valence-electron chi connectivity index (χ2n) is 4.66. The van der Waals surface area contributed by atoms with Crippen molar-refractivity contribution in [2.45, 2.75) is 17.7 Å². The molecule has 1 saturated heterocycles. The Kier molecular flexibility index (Phi) is 4.64. The molecule has 8 heteroatoms. The predicted molar refractivity (Wildman–Crippen MR) is 75.3 cm³/mol. The van der Waals surface area contributed by atoms with E-state index < -0.39 is 15.9 Å². The van der Waals surface area contributed by atoms with Gasteiger partial charge in [0.15, 0.2) is 0 Å². The summed E-state index contributed by atoms with van der Waals surface area (Å²) in [6.07, 6.45) is 1.26. The molecule has 0 radical (unpaired) electrons. The fourth-order valence-corrected chi connectivity index (χ4v) is 3.90. The fraction of sp³-hybridized carbons (Fsp3) is 0.417. The maximum Gasteiger partial charge on any atom is 0.243 e. The van der Waals surface area contributed by atoms with Crippen LogP contribution in [0.1, 0.15) is 12.8 Å². The first-order chi connectivity index (χ1) is 9.45. The minimum Gasteiger partial charge on any atom is -0.294 e. The maximum absolute atomic E-state index is 12.5. The van der Waals surface area contributed by atoms with Gasteiger partial charge in [-0.3, -0.25) is 10.2 Å². The van der Waals surface area contributed by atoms with Gasteiger partial charge < -0.3 is 0 Å². The minimum atomic E-state index is -3.60. The Bertz CT molecular complexity index is 588. The molecule has 110 valence electrons. The van der Waals surface area contributed by atoms with Crippen LogP contribution in [0.4, 0.5) is 0 Å². The molecule has 1 aromatic rings. The average molecular weight is 318 g/mol. The molecule has 20 heavy (non-hydrogen) atoms. The largest absolute Gasteiger partial charge is 0.294 e. The van der Waals surface area contributed by atoms with Crippen LogP contribution in [0, 0.1) is 5.92 Å². The van der Waals surface area contributed by atoms with Gasteiger partial charge in [-0.05, 0) is 37.1 Å². The summed E-state index contributed by atoms with van der Waals surface area (Å²) in [7, 11) is -3.60. The number of nitrogens with one attached hydrogen (secondary N) is 1. The van der Waals surface area contributed by atoms with Crippen LogP contribution in [0.2, 0.25) is 5.02 Å². The normalized spacial score (nSPS) is 20.6. The Labute approximate surface area is 122 Å². The van der Waals surface area contributed by atoms with E-state index >= 15 is 0 Å². The Hall–Kier alpha value is -1.15. The molecular weight excluding hydrogens is 302 g/mol. The van der Waals surface area contributed by atoms with Crippen molar-refractivity contribution in [2.75, 3.05) is 13.1 Å². The van der Waals surface area contributed by atoms with Crippen LogP contribution in [0.5, 0.6) is 0 Å². The summed E-state index contributed by atoms with van der Waals surface area (Å²) in [5, 5.41) is 0.475. The van der Waals surface area contributed by atoms with Gasteiger partial charge in [0, 0.05) is 18.1 Å². The van der Waals surface area contributed by atoms with Crippen LogP contribution < -0.4 is 11.3 Å². The monoisotopic (exact) mass is 317 g/mol. The van der Waals surface area contributed by atoms with Crippen LogP contribution in [-0.2, 0) is 14.8 Å². The van der Waals surface area contributed by atoms with Crippen molar-refractivity contribution in [3.05, 3.63) is 29.3 Å². The van der Waals surface area contributed by atoms with E-state index in [1.54, 1.807) is 0 Å². The highest BCUT2D eigenvalue weighted by Gasteiger charge is 2.32. The van der Waals surface area contributed by atoms with E-state index in [4.69, 9.17) is 17.4 Å². The number of carbonyl (C=O) groups is 1. The smallest absolute Gasteiger partial charge is 0.243 e. The summed E-state index contributed by atoms with van der Waals surface area (Å²) in [5.41, 5.74) is 2.08. The standard InChI is InChI=1S/C12H16ClN3O3S/c13-10-3-5-11(6-4-10)20(18,19)16-7-1-2-9(8-16)12(17)15-14/h3-6,9H,1-2,7-8,14H2,(H,15,17). The average Bonchev–Trinajstić information content (AvgIpc) is 2.47. The highest BCUT2D eigenvalue weighted by Crippen LogP contribution is 2.24. The zero-order valence-electron chi connectivity index (χ0n) is 10.8. The van der Waals surface area contributed by atoms with E-state index in [1.165, 1.54) is 28.6 Å². The Morgan fingerprint density at radius 1 is 1.35 bits per heavy atom. The van der Waals surface area contributed by atoms with Crippen molar-refractivity contribution in [1.82, 2.24) is 9.73 Å². The number of benzene rings is 1. The molecule has 1 aliphatic heterocycles. The zero-order chi connectivity index (χ0) is 14.8. The topological polar surface area (TPSA) is 92.5 Å². The zero-order valence-corrected chi connectivity index (χ0v) is 12.3.